The van der Waals surface area contributed by atoms with Crippen LogP contribution in [0.5, 0.6) is 11.5 Å². The molecule has 3 rings (SSSR count). The number of esters is 1. The van der Waals surface area contributed by atoms with Gasteiger partial charge in [0, 0.05) is 29.1 Å². The quantitative estimate of drug-likeness (QED) is 0.371. The Labute approximate surface area is 198 Å². The average Bonchev–Trinajstić information content (AvgIpc) is 3.19. The lowest BCUT2D eigenvalue weighted by molar-refractivity contribution is -0.147. The molecule has 0 aliphatic rings. The molecule has 0 saturated carbocycles. The van der Waals surface area contributed by atoms with Crippen molar-refractivity contribution in [3.63, 3.8) is 0 Å². The average molecular weight is 516 g/mol. The molecule has 0 unspecified atom stereocenters. The Morgan fingerprint density at radius 2 is 1.61 bits per heavy atom. The molecule has 0 radical (unpaired) electrons. The van der Waals surface area contributed by atoms with Crippen LogP contribution in [0.25, 0.3) is 0 Å². The monoisotopic (exact) mass is 515 g/mol. The molecule has 0 fully saturated rings. The van der Waals surface area contributed by atoms with Crippen LogP contribution >= 0.6 is 15.9 Å². The molecule has 2 N–H and O–H groups in total. The third-order valence-corrected chi connectivity index (χ3v) is 4.76. The van der Waals surface area contributed by atoms with Crippen molar-refractivity contribution in [2.24, 2.45) is 0 Å². The second kappa shape index (κ2) is 11.8. The molecule has 0 aliphatic carbocycles. The van der Waals surface area contributed by atoms with E-state index in [1.54, 1.807) is 37.3 Å². The van der Waals surface area contributed by atoms with Gasteiger partial charge < -0.3 is 24.6 Å². The van der Waals surface area contributed by atoms with E-state index in [0.717, 1.165) is 4.47 Å². The normalized spacial score (nSPS) is 10.4. The summed E-state index contributed by atoms with van der Waals surface area (Å²) in [6.07, 6.45) is 0.444. The summed E-state index contributed by atoms with van der Waals surface area (Å²) < 4.78 is 16.4. The first-order valence-corrected chi connectivity index (χ1v) is 10.9. The number of nitrogens with zero attached hydrogens (tertiary/aromatic N) is 1. The number of hydrogen-bond donors (Lipinski definition) is 2. The topological polar surface area (TPSA) is 120 Å². The maximum atomic E-state index is 12.1. The summed E-state index contributed by atoms with van der Waals surface area (Å²) in [5.74, 6) is 0.811. The van der Waals surface area contributed by atoms with E-state index in [0.29, 0.717) is 29.4 Å². The van der Waals surface area contributed by atoms with E-state index < -0.39 is 18.5 Å². The van der Waals surface area contributed by atoms with Crippen LogP contribution in [-0.4, -0.2) is 29.5 Å². The van der Waals surface area contributed by atoms with Gasteiger partial charge in [0.2, 0.25) is 5.91 Å². The van der Waals surface area contributed by atoms with Crippen molar-refractivity contribution in [3.8, 4) is 11.5 Å². The molecular weight excluding hydrogens is 494 g/mol. The molecule has 0 bridgehead atoms. The van der Waals surface area contributed by atoms with Gasteiger partial charge in [-0.25, -0.2) is 0 Å². The van der Waals surface area contributed by atoms with Gasteiger partial charge in [0.1, 0.15) is 17.3 Å². The first-order chi connectivity index (χ1) is 15.9. The summed E-state index contributed by atoms with van der Waals surface area (Å²) in [7, 11) is 0. The molecule has 0 saturated heterocycles. The molecule has 2 amide bonds. The minimum absolute atomic E-state index is 0.0176. The lowest BCUT2D eigenvalue weighted by atomic mass is 10.2. The zero-order valence-corrected chi connectivity index (χ0v) is 19.4. The van der Waals surface area contributed by atoms with Gasteiger partial charge in [-0.1, -0.05) is 21.1 Å². The summed E-state index contributed by atoms with van der Waals surface area (Å²) in [5.41, 5.74) is 0.616. The van der Waals surface area contributed by atoms with Crippen LogP contribution in [0.15, 0.2) is 63.6 Å². The number of aryl methyl sites for hydroxylation is 1. The van der Waals surface area contributed by atoms with Crippen LogP contribution in [-0.2, 0) is 19.1 Å². The van der Waals surface area contributed by atoms with Crippen molar-refractivity contribution < 1.29 is 28.4 Å². The number of aromatic nitrogens is 1. The van der Waals surface area contributed by atoms with Crippen LogP contribution < -0.4 is 15.4 Å². The maximum absolute atomic E-state index is 12.1. The third kappa shape index (κ3) is 8.41. The summed E-state index contributed by atoms with van der Waals surface area (Å²) in [6.45, 7) is 1.25. The summed E-state index contributed by atoms with van der Waals surface area (Å²) >= 11 is 3.37. The number of amides is 2. The number of anilines is 2. The lowest BCUT2D eigenvalue weighted by Crippen LogP contribution is -2.21. The Kier molecular flexibility index (Phi) is 8.59. The van der Waals surface area contributed by atoms with Gasteiger partial charge in [-0.3, -0.25) is 14.4 Å². The molecular formula is C23H22BrN3O6. The highest BCUT2D eigenvalue weighted by atomic mass is 79.9. The van der Waals surface area contributed by atoms with Gasteiger partial charge in [0.15, 0.2) is 12.4 Å². The van der Waals surface area contributed by atoms with Crippen LogP contribution in [0.4, 0.5) is 11.5 Å². The Balaban J connectivity index is 1.32. The van der Waals surface area contributed by atoms with Crippen molar-refractivity contribution >= 4 is 45.2 Å². The highest BCUT2D eigenvalue weighted by molar-refractivity contribution is 9.10. The molecule has 10 heteroatoms. The van der Waals surface area contributed by atoms with E-state index >= 15 is 0 Å². The number of halogens is 1. The number of carbonyl (C=O) groups is 3. The van der Waals surface area contributed by atoms with Crippen LogP contribution in [0.1, 0.15) is 25.0 Å². The molecule has 9 nitrogen and oxygen atoms in total. The minimum atomic E-state index is -0.566. The molecule has 0 aliphatic heterocycles. The van der Waals surface area contributed by atoms with Gasteiger partial charge in [0.05, 0.1) is 0 Å². The Morgan fingerprint density at radius 3 is 2.24 bits per heavy atom. The highest BCUT2D eigenvalue weighted by Gasteiger charge is 2.11. The van der Waals surface area contributed by atoms with Crippen molar-refractivity contribution in [3.05, 3.63) is 64.8 Å². The van der Waals surface area contributed by atoms with Crippen molar-refractivity contribution in [2.45, 2.75) is 26.2 Å². The van der Waals surface area contributed by atoms with E-state index in [-0.39, 0.29) is 24.6 Å². The number of rotatable bonds is 10. The number of ether oxygens (including phenoxy) is 2. The van der Waals surface area contributed by atoms with Gasteiger partial charge in [-0.05, 0) is 61.9 Å². The minimum Gasteiger partial charge on any atom is -0.457 e. The van der Waals surface area contributed by atoms with Gasteiger partial charge in [-0.15, -0.1) is 0 Å². The van der Waals surface area contributed by atoms with E-state index in [2.05, 4.69) is 31.7 Å². The zero-order valence-electron chi connectivity index (χ0n) is 17.8. The van der Waals surface area contributed by atoms with E-state index in [1.165, 1.54) is 0 Å². The molecule has 3 aromatic rings. The van der Waals surface area contributed by atoms with Gasteiger partial charge in [-0.2, -0.15) is 0 Å². The SMILES string of the molecule is Cc1cc(NC(=O)COC(=O)CCCC(=O)Nc2ccc(Oc3ccc(Br)cc3)cc2)no1. The fourth-order valence-corrected chi connectivity index (χ4v) is 2.95. The maximum Gasteiger partial charge on any atom is 0.306 e. The second-order valence-electron chi connectivity index (χ2n) is 7.01. The van der Waals surface area contributed by atoms with E-state index in [4.69, 9.17) is 14.0 Å². The first-order valence-electron chi connectivity index (χ1n) is 10.1. The van der Waals surface area contributed by atoms with Crippen LogP contribution in [0.2, 0.25) is 0 Å². The van der Waals surface area contributed by atoms with Crippen molar-refractivity contribution in [2.75, 3.05) is 17.2 Å². The van der Waals surface area contributed by atoms with Crippen LogP contribution in [0.3, 0.4) is 0 Å². The fourth-order valence-electron chi connectivity index (χ4n) is 2.68. The number of benzene rings is 2. The standard InChI is InChI=1S/C23H22BrN3O6/c1-15-13-20(27-33-15)26-22(29)14-31-23(30)4-2-3-21(28)25-17-7-11-19(12-8-17)32-18-9-5-16(24)6-10-18/h5-13H,2-4,14H2,1H3,(H,25,28)(H,26,27,29). The Bertz CT molecular complexity index is 1100. The van der Waals surface area contributed by atoms with Crippen molar-refractivity contribution in [1.82, 2.24) is 5.16 Å². The highest BCUT2D eigenvalue weighted by Crippen LogP contribution is 2.24. The molecule has 0 spiro atoms. The van der Waals surface area contributed by atoms with Crippen molar-refractivity contribution in [1.29, 1.82) is 0 Å². The fraction of sp³-hybridized carbons (Fsp3) is 0.217. The predicted octanol–water partition coefficient (Wildman–Crippen LogP) is 4.83. The van der Waals surface area contributed by atoms with Gasteiger partial charge >= 0.3 is 5.97 Å². The summed E-state index contributed by atoms with van der Waals surface area (Å²) in [6, 6.07) is 16.0. The smallest absolute Gasteiger partial charge is 0.306 e. The molecule has 2 aromatic carbocycles. The molecule has 1 heterocycles. The van der Waals surface area contributed by atoms with E-state index in [1.807, 2.05) is 24.3 Å². The Hall–Kier alpha value is -3.66. The van der Waals surface area contributed by atoms with E-state index in [9.17, 15) is 14.4 Å². The molecule has 33 heavy (non-hydrogen) atoms. The number of hydrogen-bond acceptors (Lipinski definition) is 7. The lowest BCUT2D eigenvalue weighted by Gasteiger charge is -2.08. The Morgan fingerprint density at radius 1 is 0.939 bits per heavy atom. The molecule has 1 aromatic heterocycles. The number of nitrogens with one attached hydrogen (secondary N) is 2. The molecule has 0 atom stereocenters. The summed E-state index contributed by atoms with van der Waals surface area (Å²) in [5, 5.41) is 8.82. The summed E-state index contributed by atoms with van der Waals surface area (Å²) in [4.78, 5) is 35.6. The largest absolute Gasteiger partial charge is 0.457 e. The van der Waals surface area contributed by atoms with Gasteiger partial charge in [0.25, 0.3) is 5.91 Å². The van der Waals surface area contributed by atoms with Crippen LogP contribution in [0, 0.1) is 6.92 Å². The second-order valence-corrected chi connectivity index (χ2v) is 7.93. The number of carbonyl (C=O) groups excluding carboxylic acids is 3. The zero-order chi connectivity index (χ0) is 23.6. The molecule has 172 valence electrons. The first kappa shape index (κ1) is 24.0. The third-order valence-electron chi connectivity index (χ3n) is 4.23. The predicted molar refractivity (Wildman–Crippen MR) is 124 cm³/mol.